The van der Waals surface area contributed by atoms with Crippen LogP contribution in [0.1, 0.15) is 30.1 Å². The molecule has 0 saturated heterocycles. The average molecular weight is 271 g/mol. The smallest absolute Gasteiger partial charge is 0.337 e. The first kappa shape index (κ1) is 14.3. The number of hydrogen-bond acceptors (Lipinski definition) is 2. The van der Waals surface area contributed by atoms with E-state index in [1.54, 1.807) is 0 Å². The van der Waals surface area contributed by atoms with Gasteiger partial charge in [0.1, 0.15) is 0 Å². The second-order valence-electron chi connectivity index (χ2n) is 3.70. The Bertz CT molecular complexity index is 449. The molecule has 0 saturated carbocycles. The Morgan fingerprint density at radius 1 is 1.39 bits per heavy atom. The van der Waals surface area contributed by atoms with Crippen molar-refractivity contribution in [1.82, 2.24) is 5.32 Å². The summed E-state index contributed by atoms with van der Waals surface area (Å²) >= 11 is 5.87. The van der Waals surface area contributed by atoms with Crippen LogP contribution in [0.2, 0.25) is 5.02 Å². The number of carboxylic acids is 1. The van der Waals surface area contributed by atoms with Crippen molar-refractivity contribution in [3.8, 4) is 0 Å². The van der Waals surface area contributed by atoms with E-state index in [4.69, 9.17) is 16.7 Å². The lowest BCUT2D eigenvalue weighted by molar-refractivity contribution is 0.0698. The highest BCUT2D eigenvalue weighted by molar-refractivity contribution is 6.34. The maximum absolute atomic E-state index is 11.5. The molecule has 0 aliphatic rings. The Morgan fingerprint density at radius 2 is 2.11 bits per heavy atom. The number of urea groups is 1. The first-order valence-corrected chi connectivity index (χ1v) is 6.00. The van der Waals surface area contributed by atoms with Crippen molar-refractivity contribution in [3.05, 3.63) is 28.8 Å². The van der Waals surface area contributed by atoms with Gasteiger partial charge < -0.3 is 15.7 Å². The number of halogens is 1. The molecule has 18 heavy (non-hydrogen) atoms. The standard InChI is InChI=1S/C12H15ClN2O3/c1-2-3-7-14-12(18)15-10-8(11(16)17)5-4-6-9(10)13/h4-6H,2-3,7H2,1H3,(H,16,17)(H2,14,15,18). The number of carbonyl (C=O) groups is 2. The number of hydrogen-bond donors (Lipinski definition) is 3. The van der Waals surface area contributed by atoms with Gasteiger partial charge in [0, 0.05) is 6.54 Å². The predicted octanol–water partition coefficient (Wildman–Crippen LogP) is 2.96. The molecule has 5 nitrogen and oxygen atoms in total. The lowest BCUT2D eigenvalue weighted by atomic mass is 10.2. The Labute approximate surface area is 110 Å². The van der Waals surface area contributed by atoms with Gasteiger partial charge in [-0.1, -0.05) is 31.0 Å². The molecule has 6 heteroatoms. The second-order valence-corrected chi connectivity index (χ2v) is 4.11. The summed E-state index contributed by atoms with van der Waals surface area (Å²) in [6, 6.07) is 3.97. The fraction of sp³-hybridized carbons (Fsp3) is 0.333. The zero-order chi connectivity index (χ0) is 13.5. The van der Waals surface area contributed by atoms with Crippen molar-refractivity contribution in [2.45, 2.75) is 19.8 Å². The van der Waals surface area contributed by atoms with Gasteiger partial charge in [0.25, 0.3) is 0 Å². The topological polar surface area (TPSA) is 78.4 Å². The van der Waals surface area contributed by atoms with E-state index in [1.807, 2.05) is 6.92 Å². The number of carboxylic acid groups (broad SMARTS) is 1. The Hall–Kier alpha value is -1.75. The molecule has 0 aliphatic heterocycles. The van der Waals surface area contributed by atoms with Crippen LogP contribution >= 0.6 is 11.6 Å². The maximum atomic E-state index is 11.5. The second kappa shape index (κ2) is 6.86. The van der Waals surface area contributed by atoms with Crippen molar-refractivity contribution in [2.75, 3.05) is 11.9 Å². The summed E-state index contributed by atoms with van der Waals surface area (Å²) in [6.07, 6.45) is 1.83. The molecular weight excluding hydrogens is 256 g/mol. The van der Waals surface area contributed by atoms with Gasteiger partial charge in [-0.05, 0) is 18.6 Å². The van der Waals surface area contributed by atoms with Gasteiger partial charge in [-0.25, -0.2) is 9.59 Å². The molecule has 0 heterocycles. The van der Waals surface area contributed by atoms with E-state index in [-0.39, 0.29) is 16.3 Å². The van der Waals surface area contributed by atoms with Crippen LogP contribution in [0.15, 0.2) is 18.2 Å². The molecule has 0 atom stereocenters. The average Bonchev–Trinajstić information content (AvgIpc) is 2.31. The third-order valence-corrected chi connectivity index (χ3v) is 2.61. The van der Waals surface area contributed by atoms with Crippen molar-refractivity contribution in [3.63, 3.8) is 0 Å². The molecule has 0 radical (unpaired) electrons. The third kappa shape index (κ3) is 3.92. The minimum atomic E-state index is -1.14. The summed E-state index contributed by atoms with van der Waals surface area (Å²) in [5.41, 5.74) is 0.0776. The summed E-state index contributed by atoms with van der Waals surface area (Å²) in [6.45, 7) is 2.55. The summed E-state index contributed by atoms with van der Waals surface area (Å²) < 4.78 is 0. The van der Waals surface area contributed by atoms with Crippen LogP contribution in [0.3, 0.4) is 0 Å². The van der Waals surface area contributed by atoms with E-state index in [0.717, 1.165) is 12.8 Å². The minimum absolute atomic E-state index is 0.0341. The van der Waals surface area contributed by atoms with E-state index in [9.17, 15) is 9.59 Å². The molecule has 0 unspecified atom stereocenters. The number of benzene rings is 1. The molecule has 1 aromatic rings. The number of nitrogens with one attached hydrogen (secondary N) is 2. The van der Waals surface area contributed by atoms with E-state index in [2.05, 4.69) is 10.6 Å². The van der Waals surface area contributed by atoms with Crippen LogP contribution < -0.4 is 10.6 Å². The van der Waals surface area contributed by atoms with Crippen LogP contribution in [0.4, 0.5) is 10.5 Å². The third-order valence-electron chi connectivity index (χ3n) is 2.30. The van der Waals surface area contributed by atoms with Crippen molar-refractivity contribution in [2.24, 2.45) is 0 Å². The van der Waals surface area contributed by atoms with Crippen LogP contribution in [0.25, 0.3) is 0 Å². The fourth-order valence-corrected chi connectivity index (χ4v) is 1.59. The molecule has 2 amide bonds. The van der Waals surface area contributed by atoms with Gasteiger partial charge in [-0.3, -0.25) is 0 Å². The van der Waals surface area contributed by atoms with E-state index < -0.39 is 12.0 Å². The molecule has 1 rings (SSSR count). The SMILES string of the molecule is CCCCNC(=O)Nc1c(Cl)cccc1C(=O)O. The predicted molar refractivity (Wildman–Crippen MR) is 70.3 cm³/mol. The number of aromatic carboxylic acids is 1. The van der Waals surface area contributed by atoms with Gasteiger partial charge in [0.05, 0.1) is 16.3 Å². The lowest BCUT2D eigenvalue weighted by Gasteiger charge is -2.11. The molecular formula is C12H15ClN2O3. The quantitative estimate of drug-likeness (QED) is 0.720. The zero-order valence-electron chi connectivity index (χ0n) is 10.00. The molecule has 0 fully saturated rings. The van der Waals surface area contributed by atoms with Crippen LogP contribution in [-0.2, 0) is 0 Å². The normalized spacial score (nSPS) is 9.89. The summed E-state index contributed by atoms with van der Waals surface area (Å²) in [7, 11) is 0. The number of amides is 2. The highest BCUT2D eigenvalue weighted by Crippen LogP contribution is 2.25. The molecule has 0 aromatic heterocycles. The van der Waals surface area contributed by atoms with E-state index >= 15 is 0 Å². The largest absolute Gasteiger partial charge is 0.478 e. The maximum Gasteiger partial charge on any atom is 0.337 e. The van der Waals surface area contributed by atoms with Crippen LogP contribution in [0.5, 0.6) is 0 Å². The van der Waals surface area contributed by atoms with Gasteiger partial charge in [0.15, 0.2) is 0 Å². The summed E-state index contributed by atoms with van der Waals surface area (Å²) in [5, 5.41) is 14.3. The van der Waals surface area contributed by atoms with Crippen LogP contribution in [-0.4, -0.2) is 23.7 Å². The van der Waals surface area contributed by atoms with Crippen molar-refractivity contribution < 1.29 is 14.7 Å². The lowest BCUT2D eigenvalue weighted by Crippen LogP contribution is -2.30. The Kier molecular flexibility index (Phi) is 5.45. The Balaban J connectivity index is 2.77. The molecule has 0 bridgehead atoms. The number of rotatable bonds is 5. The molecule has 0 spiro atoms. The van der Waals surface area contributed by atoms with Gasteiger partial charge in [-0.2, -0.15) is 0 Å². The van der Waals surface area contributed by atoms with E-state index in [0.29, 0.717) is 6.54 Å². The van der Waals surface area contributed by atoms with Crippen molar-refractivity contribution >= 4 is 29.3 Å². The molecule has 98 valence electrons. The highest BCUT2D eigenvalue weighted by Gasteiger charge is 2.14. The molecule has 0 aliphatic carbocycles. The number of para-hydroxylation sites is 1. The van der Waals surface area contributed by atoms with Crippen molar-refractivity contribution in [1.29, 1.82) is 0 Å². The first-order chi connectivity index (χ1) is 8.56. The number of anilines is 1. The summed E-state index contributed by atoms with van der Waals surface area (Å²) in [4.78, 5) is 22.5. The van der Waals surface area contributed by atoms with Crippen LogP contribution in [0, 0.1) is 0 Å². The first-order valence-electron chi connectivity index (χ1n) is 5.63. The number of carbonyl (C=O) groups excluding carboxylic acids is 1. The molecule has 3 N–H and O–H groups in total. The zero-order valence-corrected chi connectivity index (χ0v) is 10.8. The number of unbranched alkanes of at least 4 members (excludes halogenated alkanes) is 1. The van der Waals surface area contributed by atoms with E-state index in [1.165, 1.54) is 18.2 Å². The highest BCUT2D eigenvalue weighted by atomic mass is 35.5. The fourth-order valence-electron chi connectivity index (χ4n) is 1.37. The van der Waals surface area contributed by atoms with Gasteiger partial charge in [-0.15, -0.1) is 0 Å². The molecule has 1 aromatic carbocycles. The van der Waals surface area contributed by atoms with Gasteiger partial charge >= 0.3 is 12.0 Å². The summed E-state index contributed by atoms with van der Waals surface area (Å²) in [5.74, 6) is -1.14. The minimum Gasteiger partial charge on any atom is -0.478 e. The van der Waals surface area contributed by atoms with Gasteiger partial charge in [0.2, 0.25) is 0 Å². The monoisotopic (exact) mass is 270 g/mol. The Morgan fingerprint density at radius 3 is 2.72 bits per heavy atom.